The van der Waals surface area contributed by atoms with Gasteiger partial charge in [-0.2, -0.15) is 5.10 Å². The Morgan fingerprint density at radius 2 is 1.79 bits per heavy atom. The first-order chi connectivity index (χ1) is 16.5. The second-order valence-electron chi connectivity index (χ2n) is 8.12. The summed E-state index contributed by atoms with van der Waals surface area (Å²) in [7, 11) is 5.39. The second kappa shape index (κ2) is 10.3. The number of hydrogen-bond acceptors (Lipinski definition) is 4. The summed E-state index contributed by atoms with van der Waals surface area (Å²) in [5, 5.41) is 7.74. The molecule has 174 valence electrons. The van der Waals surface area contributed by atoms with Crippen molar-refractivity contribution in [3.63, 3.8) is 0 Å². The van der Waals surface area contributed by atoms with Gasteiger partial charge in [-0.25, -0.2) is 9.07 Å². The molecule has 3 aromatic carbocycles. The van der Waals surface area contributed by atoms with Crippen LogP contribution >= 0.6 is 0 Å². The van der Waals surface area contributed by atoms with E-state index in [1.165, 1.54) is 12.1 Å². The van der Waals surface area contributed by atoms with E-state index in [2.05, 4.69) is 5.32 Å². The van der Waals surface area contributed by atoms with Crippen molar-refractivity contribution in [3.05, 3.63) is 102 Å². The van der Waals surface area contributed by atoms with Crippen molar-refractivity contribution in [2.75, 3.05) is 27.7 Å². The van der Waals surface area contributed by atoms with Crippen molar-refractivity contribution < 1.29 is 13.9 Å². The molecule has 0 aliphatic rings. The number of rotatable bonds is 8. The minimum absolute atomic E-state index is 0.196. The summed E-state index contributed by atoms with van der Waals surface area (Å²) in [5.74, 6) is 0.0467. The highest BCUT2D eigenvalue weighted by atomic mass is 19.1. The summed E-state index contributed by atoms with van der Waals surface area (Å²) in [5.41, 5.74) is 3.29. The van der Waals surface area contributed by atoms with E-state index in [0.717, 1.165) is 16.8 Å². The number of carbonyl (C=O) groups is 1. The Morgan fingerprint density at radius 1 is 1.06 bits per heavy atom. The van der Waals surface area contributed by atoms with Crippen LogP contribution in [0.25, 0.3) is 16.9 Å². The smallest absolute Gasteiger partial charge is 0.255 e. The number of ether oxygens (including phenoxy) is 1. The van der Waals surface area contributed by atoms with E-state index < -0.39 is 0 Å². The Balaban J connectivity index is 1.68. The van der Waals surface area contributed by atoms with Gasteiger partial charge in [-0.1, -0.05) is 42.5 Å². The number of carbonyl (C=O) groups excluding carboxylic acids is 1. The van der Waals surface area contributed by atoms with Crippen LogP contribution in [0.5, 0.6) is 5.75 Å². The molecule has 34 heavy (non-hydrogen) atoms. The zero-order valence-corrected chi connectivity index (χ0v) is 19.4. The van der Waals surface area contributed by atoms with E-state index in [9.17, 15) is 9.18 Å². The van der Waals surface area contributed by atoms with Crippen LogP contribution in [-0.2, 0) is 0 Å². The molecule has 0 aliphatic carbocycles. The number of benzene rings is 3. The molecule has 0 spiro atoms. The maximum absolute atomic E-state index is 13.8. The average Bonchev–Trinajstić information content (AvgIpc) is 3.30. The summed E-state index contributed by atoms with van der Waals surface area (Å²) in [4.78, 5) is 15.4. The topological polar surface area (TPSA) is 59.4 Å². The van der Waals surface area contributed by atoms with Crippen molar-refractivity contribution in [2.45, 2.75) is 6.04 Å². The first kappa shape index (κ1) is 23.2. The lowest BCUT2D eigenvalue weighted by atomic mass is 10.0. The standard InChI is InChI=1S/C27H27FN4O2/c1-31(2)24(19-10-9-11-20(28)16-19)17-29-27(33)23-18-32(21-12-5-4-6-13-21)30-26(23)22-14-7-8-15-25(22)34-3/h4-16,18,24H,17H2,1-3H3,(H,29,33)/t24-/m1/s1. The Hall–Kier alpha value is -3.97. The minimum atomic E-state index is -0.307. The van der Waals surface area contributed by atoms with Gasteiger partial charge in [0.15, 0.2) is 0 Å². The van der Waals surface area contributed by atoms with E-state index in [1.54, 1.807) is 24.1 Å². The minimum Gasteiger partial charge on any atom is -0.496 e. The van der Waals surface area contributed by atoms with Gasteiger partial charge in [0.05, 0.1) is 24.4 Å². The van der Waals surface area contributed by atoms with Gasteiger partial charge in [0.2, 0.25) is 0 Å². The van der Waals surface area contributed by atoms with E-state index in [1.807, 2.05) is 79.7 Å². The van der Waals surface area contributed by atoms with Gasteiger partial charge < -0.3 is 15.0 Å². The molecule has 0 saturated carbocycles. The molecule has 6 nitrogen and oxygen atoms in total. The Kier molecular flexibility index (Phi) is 7.04. The fourth-order valence-electron chi connectivity index (χ4n) is 3.89. The number of amides is 1. The number of halogens is 1. The molecule has 1 amide bonds. The van der Waals surface area contributed by atoms with Gasteiger partial charge in [-0.3, -0.25) is 4.79 Å². The molecule has 4 rings (SSSR count). The summed E-state index contributed by atoms with van der Waals surface area (Å²) in [6, 6.07) is 23.3. The molecule has 1 heterocycles. The van der Waals surface area contributed by atoms with Crippen LogP contribution in [-0.4, -0.2) is 48.3 Å². The Morgan fingerprint density at radius 3 is 2.50 bits per heavy atom. The third-order valence-corrected chi connectivity index (χ3v) is 5.65. The molecule has 0 unspecified atom stereocenters. The van der Waals surface area contributed by atoms with Crippen LogP contribution in [0.2, 0.25) is 0 Å². The first-order valence-corrected chi connectivity index (χ1v) is 11.0. The quantitative estimate of drug-likeness (QED) is 0.415. The van der Waals surface area contributed by atoms with Crippen LogP contribution in [0.4, 0.5) is 4.39 Å². The van der Waals surface area contributed by atoms with Gasteiger partial charge in [-0.15, -0.1) is 0 Å². The predicted octanol–water partition coefficient (Wildman–Crippen LogP) is 4.72. The molecule has 0 fully saturated rings. The molecule has 0 radical (unpaired) electrons. The second-order valence-corrected chi connectivity index (χ2v) is 8.12. The number of hydrogen-bond donors (Lipinski definition) is 1. The Labute approximate surface area is 198 Å². The van der Waals surface area contributed by atoms with Crippen LogP contribution in [0.1, 0.15) is 22.0 Å². The van der Waals surface area contributed by atoms with Crippen LogP contribution in [0.3, 0.4) is 0 Å². The molecule has 1 N–H and O–H groups in total. The van der Waals surface area contributed by atoms with Gasteiger partial charge in [-0.05, 0) is 56.1 Å². The third kappa shape index (κ3) is 5.00. The lowest BCUT2D eigenvalue weighted by Crippen LogP contribution is -2.34. The summed E-state index contributed by atoms with van der Waals surface area (Å²) in [6.45, 7) is 0.303. The highest BCUT2D eigenvalue weighted by molar-refractivity contribution is 6.00. The normalized spacial score (nSPS) is 11.9. The first-order valence-electron chi connectivity index (χ1n) is 11.0. The van der Waals surface area contributed by atoms with Crippen molar-refractivity contribution in [2.24, 2.45) is 0 Å². The fraction of sp³-hybridized carbons (Fsp3) is 0.185. The van der Waals surface area contributed by atoms with Gasteiger partial charge in [0, 0.05) is 18.3 Å². The summed E-state index contributed by atoms with van der Waals surface area (Å²) in [6.07, 6.45) is 1.72. The van der Waals surface area contributed by atoms with Crippen molar-refractivity contribution >= 4 is 5.91 Å². The van der Waals surface area contributed by atoms with Gasteiger partial charge >= 0.3 is 0 Å². The Bertz CT molecular complexity index is 1270. The fourth-order valence-corrected chi connectivity index (χ4v) is 3.89. The molecular formula is C27H27FN4O2. The highest BCUT2D eigenvalue weighted by Crippen LogP contribution is 2.32. The van der Waals surface area contributed by atoms with E-state index in [0.29, 0.717) is 23.6 Å². The predicted molar refractivity (Wildman–Crippen MR) is 131 cm³/mol. The number of nitrogens with zero attached hydrogens (tertiary/aromatic N) is 3. The molecular weight excluding hydrogens is 431 g/mol. The summed E-state index contributed by atoms with van der Waals surface area (Å²) < 4.78 is 21.0. The third-order valence-electron chi connectivity index (χ3n) is 5.65. The van der Waals surface area contributed by atoms with Crippen LogP contribution in [0.15, 0.2) is 85.1 Å². The molecule has 7 heteroatoms. The molecule has 0 bridgehead atoms. The number of para-hydroxylation sites is 2. The molecule has 0 aliphatic heterocycles. The molecule has 1 atom stereocenters. The number of nitrogens with one attached hydrogen (secondary N) is 1. The monoisotopic (exact) mass is 458 g/mol. The van der Waals surface area contributed by atoms with Crippen molar-refractivity contribution in [3.8, 4) is 22.7 Å². The zero-order valence-electron chi connectivity index (χ0n) is 19.4. The van der Waals surface area contributed by atoms with Gasteiger partial charge in [0.25, 0.3) is 5.91 Å². The maximum Gasteiger partial charge on any atom is 0.255 e. The number of likely N-dealkylation sites (N-methyl/N-ethyl adjacent to an activating group) is 1. The zero-order chi connectivity index (χ0) is 24.1. The largest absolute Gasteiger partial charge is 0.496 e. The molecule has 1 aromatic heterocycles. The van der Waals surface area contributed by atoms with Crippen LogP contribution in [0, 0.1) is 5.82 Å². The number of aromatic nitrogens is 2. The molecule has 4 aromatic rings. The van der Waals surface area contributed by atoms with Crippen LogP contribution < -0.4 is 10.1 Å². The van der Waals surface area contributed by atoms with Crippen molar-refractivity contribution in [1.29, 1.82) is 0 Å². The van der Waals surface area contributed by atoms with Gasteiger partial charge in [0.1, 0.15) is 17.3 Å². The van der Waals surface area contributed by atoms with E-state index >= 15 is 0 Å². The lowest BCUT2D eigenvalue weighted by Gasteiger charge is -2.25. The highest BCUT2D eigenvalue weighted by Gasteiger charge is 2.23. The molecule has 0 saturated heterocycles. The number of methoxy groups -OCH3 is 1. The van der Waals surface area contributed by atoms with Crippen molar-refractivity contribution in [1.82, 2.24) is 20.0 Å². The summed E-state index contributed by atoms with van der Waals surface area (Å²) >= 11 is 0. The average molecular weight is 459 g/mol. The SMILES string of the molecule is COc1ccccc1-c1nn(-c2ccccc2)cc1C(=O)NC[C@H](c1cccc(F)c1)N(C)C. The van der Waals surface area contributed by atoms with E-state index in [-0.39, 0.29) is 17.8 Å². The van der Waals surface area contributed by atoms with E-state index in [4.69, 9.17) is 9.84 Å². The maximum atomic E-state index is 13.8. The lowest BCUT2D eigenvalue weighted by molar-refractivity contribution is 0.0942.